The zero-order chi connectivity index (χ0) is 15.9. The van der Waals surface area contributed by atoms with E-state index in [9.17, 15) is 9.59 Å². The van der Waals surface area contributed by atoms with Gasteiger partial charge in [0.2, 0.25) is 11.8 Å². The molecule has 0 aliphatic rings. The van der Waals surface area contributed by atoms with Crippen molar-refractivity contribution in [3.05, 3.63) is 35.9 Å². The van der Waals surface area contributed by atoms with E-state index in [-0.39, 0.29) is 12.3 Å². The van der Waals surface area contributed by atoms with Gasteiger partial charge < -0.3 is 16.0 Å². The Bertz CT molecular complexity index is 472. The summed E-state index contributed by atoms with van der Waals surface area (Å²) in [6.45, 7) is 7.16. The summed E-state index contributed by atoms with van der Waals surface area (Å²) in [7, 11) is 0. The summed E-state index contributed by atoms with van der Waals surface area (Å²) in [5.41, 5.74) is 5.57. The van der Waals surface area contributed by atoms with Crippen LogP contribution in [0.3, 0.4) is 0 Å². The molecule has 0 spiro atoms. The summed E-state index contributed by atoms with van der Waals surface area (Å²) >= 11 is 0. The summed E-state index contributed by atoms with van der Waals surface area (Å²) in [5, 5.41) is 3.17. The molecule has 0 bridgehead atoms. The number of likely N-dealkylation sites (N-methyl/N-ethyl adjacent to an activating group) is 1. The highest BCUT2D eigenvalue weighted by Gasteiger charge is 2.31. The first-order valence-electron chi connectivity index (χ1n) is 7.23. The van der Waals surface area contributed by atoms with E-state index in [1.54, 1.807) is 4.90 Å². The van der Waals surface area contributed by atoms with Gasteiger partial charge in [-0.05, 0) is 26.0 Å². The van der Waals surface area contributed by atoms with E-state index in [1.807, 2.05) is 51.1 Å². The minimum absolute atomic E-state index is 0.0329. The number of amides is 2. The lowest BCUT2D eigenvalue weighted by Crippen LogP contribution is -2.54. The van der Waals surface area contributed by atoms with Crippen molar-refractivity contribution < 1.29 is 9.59 Å². The molecule has 0 aliphatic carbocycles. The Labute approximate surface area is 126 Å². The molecule has 0 aliphatic heterocycles. The third-order valence-electron chi connectivity index (χ3n) is 3.28. The molecule has 0 radical (unpaired) electrons. The highest BCUT2D eigenvalue weighted by Crippen LogP contribution is 2.13. The molecule has 1 aromatic rings. The third kappa shape index (κ3) is 5.55. The Balaban J connectivity index is 2.85. The van der Waals surface area contributed by atoms with Crippen LogP contribution in [0.1, 0.15) is 32.8 Å². The van der Waals surface area contributed by atoms with E-state index in [0.29, 0.717) is 19.6 Å². The van der Waals surface area contributed by atoms with Crippen molar-refractivity contribution in [1.29, 1.82) is 0 Å². The Morgan fingerprint density at radius 3 is 2.38 bits per heavy atom. The Kier molecular flexibility index (Phi) is 6.37. The standard InChI is InChI=1S/C16H25N3O2/c1-4-18-16(2,3)15(21)19(11-10-14(17)20)12-13-8-6-5-7-9-13/h5-9,18H,4,10-12H2,1-3H3,(H2,17,20). The second-order valence-electron chi connectivity index (χ2n) is 5.58. The predicted molar refractivity (Wildman–Crippen MR) is 83.4 cm³/mol. The molecule has 5 heteroatoms. The topological polar surface area (TPSA) is 75.4 Å². The first-order valence-corrected chi connectivity index (χ1v) is 7.23. The average Bonchev–Trinajstić information content (AvgIpc) is 2.43. The molecule has 0 unspecified atom stereocenters. The van der Waals surface area contributed by atoms with Crippen LogP contribution in [0.25, 0.3) is 0 Å². The molecular formula is C16H25N3O2. The van der Waals surface area contributed by atoms with E-state index in [1.165, 1.54) is 0 Å². The lowest BCUT2D eigenvalue weighted by molar-refractivity contribution is -0.138. The number of carbonyl (C=O) groups excluding carboxylic acids is 2. The van der Waals surface area contributed by atoms with Crippen LogP contribution in [-0.2, 0) is 16.1 Å². The molecule has 116 valence electrons. The normalized spacial score (nSPS) is 11.2. The van der Waals surface area contributed by atoms with Crippen LogP contribution in [0.5, 0.6) is 0 Å². The maximum absolute atomic E-state index is 12.7. The molecule has 3 N–H and O–H groups in total. The first-order chi connectivity index (χ1) is 9.86. The molecule has 0 heterocycles. The number of rotatable bonds is 8. The van der Waals surface area contributed by atoms with Crippen LogP contribution in [0.15, 0.2) is 30.3 Å². The number of benzene rings is 1. The zero-order valence-electron chi connectivity index (χ0n) is 13.1. The van der Waals surface area contributed by atoms with Gasteiger partial charge in [0.15, 0.2) is 0 Å². The highest BCUT2D eigenvalue weighted by atomic mass is 16.2. The average molecular weight is 291 g/mol. The second kappa shape index (κ2) is 7.78. The van der Waals surface area contributed by atoms with Crippen molar-refractivity contribution in [1.82, 2.24) is 10.2 Å². The van der Waals surface area contributed by atoms with Crippen LogP contribution in [0.2, 0.25) is 0 Å². The van der Waals surface area contributed by atoms with Crippen molar-refractivity contribution >= 4 is 11.8 Å². The predicted octanol–water partition coefficient (Wildman–Crippen LogP) is 1.28. The number of hydrogen-bond acceptors (Lipinski definition) is 3. The minimum Gasteiger partial charge on any atom is -0.370 e. The minimum atomic E-state index is -0.665. The fourth-order valence-electron chi connectivity index (χ4n) is 2.21. The van der Waals surface area contributed by atoms with E-state index in [2.05, 4.69) is 5.32 Å². The number of hydrogen-bond donors (Lipinski definition) is 2. The fraction of sp³-hybridized carbons (Fsp3) is 0.500. The van der Waals surface area contributed by atoms with Crippen molar-refractivity contribution in [2.24, 2.45) is 5.73 Å². The Morgan fingerprint density at radius 1 is 1.24 bits per heavy atom. The van der Waals surface area contributed by atoms with Gasteiger partial charge in [0.25, 0.3) is 0 Å². The van der Waals surface area contributed by atoms with Gasteiger partial charge in [-0.15, -0.1) is 0 Å². The molecule has 2 amide bonds. The van der Waals surface area contributed by atoms with Gasteiger partial charge in [-0.2, -0.15) is 0 Å². The van der Waals surface area contributed by atoms with Crippen LogP contribution in [0.4, 0.5) is 0 Å². The van der Waals surface area contributed by atoms with Crippen LogP contribution >= 0.6 is 0 Å². The smallest absolute Gasteiger partial charge is 0.242 e. The van der Waals surface area contributed by atoms with E-state index in [0.717, 1.165) is 5.56 Å². The molecule has 5 nitrogen and oxygen atoms in total. The molecule has 0 aromatic heterocycles. The first kappa shape index (κ1) is 17.2. The largest absolute Gasteiger partial charge is 0.370 e. The third-order valence-corrected chi connectivity index (χ3v) is 3.28. The van der Waals surface area contributed by atoms with Crippen molar-refractivity contribution in [2.75, 3.05) is 13.1 Å². The van der Waals surface area contributed by atoms with E-state index in [4.69, 9.17) is 5.73 Å². The summed E-state index contributed by atoms with van der Waals surface area (Å²) in [5.74, 6) is -0.434. The molecule has 1 rings (SSSR count). The number of nitrogens with two attached hydrogens (primary N) is 1. The SMILES string of the molecule is CCNC(C)(C)C(=O)N(CCC(N)=O)Cc1ccccc1. The van der Waals surface area contributed by atoms with E-state index >= 15 is 0 Å². The van der Waals surface area contributed by atoms with Gasteiger partial charge in [-0.1, -0.05) is 37.3 Å². The van der Waals surface area contributed by atoms with Crippen molar-refractivity contribution in [3.63, 3.8) is 0 Å². The maximum atomic E-state index is 12.7. The lowest BCUT2D eigenvalue weighted by atomic mass is 10.0. The monoisotopic (exact) mass is 291 g/mol. The Morgan fingerprint density at radius 2 is 1.86 bits per heavy atom. The molecule has 0 saturated heterocycles. The molecule has 0 atom stereocenters. The number of nitrogens with zero attached hydrogens (tertiary/aromatic N) is 1. The van der Waals surface area contributed by atoms with Gasteiger partial charge >= 0.3 is 0 Å². The summed E-state index contributed by atoms with van der Waals surface area (Å²) in [4.78, 5) is 25.4. The second-order valence-corrected chi connectivity index (χ2v) is 5.58. The highest BCUT2D eigenvalue weighted by molar-refractivity contribution is 5.86. The lowest BCUT2D eigenvalue weighted by Gasteiger charge is -2.32. The van der Waals surface area contributed by atoms with Gasteiger partial charge in [0.1, 0.15) is 0 Å². The quantitative estimate of drug-likeness (QED) is 0.757. The molecular weight excluding hydrogens is 266 g/mol. The van der Waals surface area contributed by atoms with Gasteiger partial charge in [-0.3, -0.25) is 9.59 Å². The number of nitrogens with one attached hydrogen (secondary N) is 1. The molecule has 0 fully saturated rings. The zero-order valence-corrected chi connectivity index (χ0v) is 13.1. The van der Waals surface area contributed by atoms with Crippen LogP contribution in [-0.4, -0.2) is 35.3 Å². The van der Waals surface area contributed by atoms with Crippen molar-refractivity contribution in [2.45, 2.75) is 39.3 Å². The van der Waals surface area contributed by atoms with Gasteiger partial charge in [-0.25, -0.2) is 0 Å². The molecule has 1 aromatic carbocycles. The summed E-state index contributed by atoms with van der Waals surface area (Å²) in [6.07, 6.45) is 0.167. The van der Waals surface area contributed by atoms with Gasteiger partial charge in [0, 0.05) is 19.5 Å². The number of primary amides is 1. The maximum Gasteiger partial charge on any atom is 0.242 e. The van der Waals surface area contributed by atoms with Gasteiger partial charge in [0.05, 0.1) is 5.54 Å². The summed E-state index contributed by atoms with van der Waals surface area (Å²) in [6, 6.07) is 9.72. The summed E-state index contributed by atoms with van der Waals surface area (Å²) < 4.78 is 0. The van der Waals surface area contributed by atoms with Crippen molar-refractivity contribution in [3.8, 4) is 0 Å². The molecule has 21 heavy (non-hydrogen) atoms. The van der Waals surface area contributed by atoms with Crippen LogP contribution in [0, 0.1) is 0 Å². The Hall–Kier alpha value is -1.88. The van der Waals surface area contributed by atoms with Crippen LogP contribution < -0.4 is 11.1 Å². The molecule has 0 saturated carbocycles. The van der Waals surface area contributed by atoms with E-state index < -0.39 is 11.4 Å². The fourth-order valence-corrected chi connectivity index (χ4v) is 2.21. The number of carbonyl (C=O) groups is 2.